The van der Waals surface area contributed by atoms with Crippen molar-refractivity contribution >= 4 is 48.1 Å². The van der Waals surface area contributed by atoms with E-state index in [4.69, 9.17) is 12.6 Å². The first kappa shape index (κ1) is 22.1. The average Bonchev–Trinajstić information content (AvgIpc) is 3.52. The second kappa shape index (κ2) is 8.94. The van der Waals surface area contributed by atoms with Crippen LogP contribution in [0.25, 0.3) is 16.7 Å². The van der Waals surface area contributed by atoms with E-state index in [2.05, 4.69) is 36.2 Å². The van der Waals surface area contributed by atoms with Gasteiger partial charge in [0.25, 0.3) is 0 Å². The van der Waals surface area contributed by atoms with Gasteiger partial charge in [0.15, 0.2) is 11.5 Å². The van der Waals surface area contributed by atoms with Gasteiger partial charge in [-0.2, -0.15) is 15.0 Å². The summed E-state index contributed by atoms with van der Waals surface area (Å²) in [6, 6.07) is 4.96. The fourth-order valence-corrected chi connectivity index (χ4v) is 4.50. The van der Waals surface area contributed by atoms with Crippen LogP contribution in [0.3, 0.4) is 0 Å². The van der Waals surface area contributed by atoms with Crippen LogP contribution in [-0.4, -0.2) is 63.0 Å². The lowest BCUT2D eigenvalue weighted by Gasteiger charge is -2.25. The van der Waals surface area contributed by atoms with Crippen LogP contribution in [0, 0.1) is 6.92 Å². The topological polar surface area (TPSA) is 123 Å². The molecule has 2 radical (unpaired) electrons. The van der Waals surface area contributed by atoms with E-state index < -0.39 is 6.00 Å². The van der Waals surface area contributed by atoms with Crippen LogP contribution in [0.1, 0.15) is 36.5 Å². The highest BCUT2D eigenvalue weighted by Gasteiger charge is 2.29. The summed E-state index contributed by atoms with van der Waals surface area (Å²) in [5.41, 5.74) is 5.33. The Morgan fingerprint density at radius 1 is 1.21 bits per heavy atom. The van der Waals surface area contributed by atoms with Crippen molar-refractivity contribution in [3.05, 3.63) is 35.7 Å². The van der Waals surface area contributed by atoms with E-state index in [0.29, 0.717) is 22.5 Å². The van der Waals surface area contributed by atoms with Crippen molar-refractivity contribution in [1.29, 1.82) is 0 Å². The molecule has 12 heteroatoms. The van der Waals surface area contributed by atoms with Gasteiger partial charge in [-0.1, -0.05) is 0 Å². The van der Waals surface area contributed by atoms with Gasteiger partial charge < -0.3 is 20.7 Å². The Kier molecular flexibility index (Phi) is 5.82. The molecule has 174 valence electrons. The molecule has 0 saturated heterocycles. The monoisotopic (exact) mass is 459 g/mol. The Hall–Kier alpha value is -3.67. The van der Waals surface area contributed by atoms with Gasteiger partial charge in [0.05, 0.1) is 35.4 Å². The largest absolute Gasteiger partial charge is 0.385 e. The molecule has 3 heterocycles. The van der Waals surface area contributed by atoms with Crippen molar-refractivity contribution in [3.63, 3.8) is 0 Å². The summed E-state index contributed by atoms with van der Waals surface area (Å²) in [7, 11) is 10.1. The number of nitrogens with zero attached hydrogens (tertiary/aromatic N) is 6. The van der Waals surface area contributed by atoms with Crippen molar-refractivity contribution in [2.75, 3.05) is 17.7 Å². The summed E-state index contributed by atoms with van der Waals surface area (Å²) in [6.07, 6.45) is 5.06. The van der Waals surface area contributed by atoms with Gasteiger partial charge in [-0.25, -0.2) is 9.50 Å². The third-order valence-electron chi connectivity index (χ3n) is 6.16. The SMILES string of the molecule is [B]C(OC1CCCC1NC=O)c1cc(Nc2cc(NC)c3ncc(C)n3n2)c2nn(C)nc2c1. The van der Waals surface area contributed by atoms with Crippen LogP contribution in [-0.2, 0) is 16.6 Å². The fraction of sp³-hybridized carbons (Fsp3) is 0.409. The van der Waals surface area contributed by atoms with E-state index in [1.165, 1.54) is 4.80 Å². The summed E-state index contributed by atoms with van der Waals surface area (Å²) < 4.78 is 7.94. The Morgan fingerprint density at radius 2 is 2.06 bits per heavy atom. The summed E-state index contributed by atoms with van der Waals surface area (Å²) in [4.78, 5) is 16.9. The van der Waals surface area contributed by atoms with Crippen molar-refractivity contribution in [1.82, 2.24) is 34.9 Å². The zero-order chi connectivity index (χ0) is 23.8. The highest BCUT2D eigenvalue weighted by atomic mass is 16.5. The number of hydrogen-bond donors (Lipinski definition) is 3. The number of aromatic nitrogens is 6. The molecule has 1 aromatic carbocycles. The molecule has 1 fully saturated rings. The number of carbonyl (C=O) groups is 1. The highest BCUT2D eigenvalue weighted by molar-refractivity contribution is 6.12. The van der Waals surface area contributed by atoms with Crippen molar-refractivity contribution in [2.24, 2.45) is 7.05 Å². The van der Waals surface area contributed by atoms with Gasteiger partial charge in [0.2, 0.25) is 6.41 Å². The zero-order valence-corrected chi connectivity index (χ0v) is 19.3. The molecule has 5 rings (SSSR count). The van der Waals surface area contributed by atoms with E-state index in [-0.39, 0.29) is 12.1 Å². The average molecular weight is 459 g/mol. The summed E-state index contributed by atoms with van der Waals surface area (Å²) in [5.74, 6) is 0.614. The van der Waals surface area contributed by atoms with E-state index in [1.807, 2.05) is 32.2 Å². The summed E-state index contributed by atoms with van der Waals surface area (Å²) in [6.45, 7) is 1.95. The lowest BCUT2D eigenvalue weighted by atomic mass is 9.91. The molecule has 0 aliphatic heterocycles. The molecule has 3 N–H and O–H groups in total. The standard InChI is InChI=1S/C22H26BN9O2/c1-12-10-25-22-17(24-2)9-19(29-32(12)22)27-15-7-13(8-16-20(15)30-31(3)28-16)21(23)34-18-6-4-5-14(18)26-11-33/h7-11,14,18,21,24H,4-6H2,1-3H3,(H,26,33)(H,27,29). The van der Waals surface area contributed by atoms with Gasteiger partial charge in [-0.3, -0.25) is 4.79 Å². The van der Waals surface area contributed by atoms with E-state index >= 15 is 0 Å². The third-order valence-corrected chi connectivity index (χ3v) is 6.16. The molecule has 1 aliphatic carbocycles. The van der Waals surface area contributed by atoms with Gasteiger partial charge in [0, 0.05) is 26.2 Å². The van der Waals surface area contributed by atoms with Crippen LogP contribution < -0.4 is 16.0 Å². The second-order valence-electron chi connectivity index (χ2n) is 8.50. The normalized spacial score (nSPS) is 18.9. The first-order valence-electron chi connectivity index (χ1n) is 11.2. The maximum absolute atomic E-state index is 10.9. The predicted octanol–water partition coefficient (Wildman–Crippen LogP) is 1.96. The molecule has 0 bridgehead atoms. The predicted molar refractivity (Wildman–Crippen MR) is 129 cm³/mol. The fourth-order valence-electron chi connectivity index (χ4n) is 4.50. The minimum absolute atomic E-state index is 0.0318. The van der Waals surface area contributed by atoms with Gasteiger partial charge in [-0.05, 0) is 43.9 Å². The lowest BCUT2D eigenvalue weighted by molar-refractivity contribution is -0.111. The molecule has 34 heavy (non-hydrogen) atoms. The quantitative estimate of drug-likeness (QED) is 0.270. The number of nitrogens with one attached hydrogen (secondary N) is 3. The molecular formula is C22H26BN9O2. The van der Waals surface area contributed by atoms with Crippen LogP contribution in [0.5, 0.6) is 0 Å². The van der Waals surface area contributed by atoms with Gasteiger partial charge in [0.1, 0.15) is 18.9 Å². The van der Waals surface area contributed by atoms with Crippen molar-refractivity contribution < 1.29 is 9.53 Å². The zero-order valence-electron chi connectivity index (χ0n) is 19.3. The Bertz CT molecular complexity index is 1350. The first-order chi connectivity index (χ1) is 16.5. The molecule has 1 saturated carbocycles. The number of amides is 1. The molecule has 3 atom stereocenters. The molecule has 11 nitrogen and oxygen atoms in total. The van der Waals surface area contributed by atoms with Crippen molar-refractivity contribution in [2.45, 2.75) is 44.3 Å². The number of benzene rings is 1. The number of carbonyl (C=O) groups excluding carboxylic acids is 1. The number of aryl methyl sites for hydroxylation is 2. The molecular weight excluding hydrogens is 433 g/mol. The highest BCUT2D eigenvalue weighted by Crippen LogP contribution is 2.32. The minimum Gasteiger partial charge on any atom is -0.385 e. The molecule has 1 aliphatic rings. The Morgan fingerprint density at radius 3 is 2.85 bits per heavy atom. The molecule has 4 aromatic rings. The Labute approximate surface area is 197 Å². The molecule has 3 unspecified atom stereocenters. The van der Waals surface area contributed by atoms with Crippen LogP contribution in [0.4, 0.5) is 17.2 Å². The maximum Gasteiger partial charge on any atom is 0.207 e. The lowest BCUT2D eigenvalue weighted by Crippen LogP contribution is -2.37. The van der Waals surface area contributed by atoms with Crippen LogP contribution in [0.15, 0.2) is 24.4 Å². The van der Waals surface area contributed by atoms with E-state index in [1.54, 1.807) is 17.8 Å². The number of anilines is 3. The molecule has 0 spiro atoms. The number of imidazole rings is 1. The van der Waals surface area contributed by atoms with E-state index in [9.17, 15) is 4.79 Å². The number of fused-ring (bicyclic) bond motifs is 2. The first-order valence-corrected chi connectivity index (χ1v) is 11.2. The number of rotatable bonds is 8. The second-order valence-corrected chi connectivity index (χ2v) is 8.50. The minimum atomic E-state index is -0.690. The smallest absolute Gasteiger partial charge is 0.207 e. The number of ether oxygens (including phenoxy) is 1. The Balaban J connectivity index is 1.49. The maximum atomic E-state index is 10.9. The van der Waals surface area contributed by atoms with Crippen LogP contribution >= 0.6 is 0 Å². The third kappa shape index (κ3) is 4.05. The number of hydrogen-bond acceptors (Lipinski definition) is 8. The van der Waals surface area contributed by atoms with Gasteiger partial charge >= 0.3 is 0 Å². The van der Waals surface area contributed by atoms with Gasteiger partial charge in [-0.15, -0.1) is 5.10 Å². The van der Waals surface area contributed by atoms with E-state index in [0.717, 1.165) is 48.3 Å². The van der Waals surface area contributed by atoms with Crippen LogP contribution in [0.2, 0.25) is 0 Å². The molecule has 1 amide bonds. The summed E-state index contributed by atoms with van der Waals surface area (Å²) >= 11 is 0. The van der Waals surface area contributed by atoms with Crippen molar-refractivity contribution in [3.8, 4) is 0 Å². The molecule has 3 aromatic heterocycles. The summed E-state index contributed by atoms with van der Waals surface area (Å²) in [5, 5.41) is 23.0.